The van der Waals surface area contributed by atoms with Gasteiger partial charge in [-0.25, -0.2) is 0 Å². The molecule has 0 aliphatic carbocycles. The van der Waals surface area contributed by atoms with Crippen LogP contribution in [0, 0.1) is 17.2 Å². The molecule has 1 N–H and O–H groups in total. The van der Waals surface area contributed by atoms with Crippen LogP contribution in [-0.4, -0.2) is 36.9 Å². The van der Waals surface area contributed by atoms with E-state index >= 15 is 0 Å². The molecule has 0 radical (unpaired) electrons. The van der Waals surface area contributed by atoms with Crippen molar-refractivity contribution in [3.63, 3.8) is 0 Å². The summed E-state index contributed by atoms with van der Waals surface area (Å²) in [7, 11) is 1.62. The number of fused-ring (bicyclic) bond motifs is 1. The van der Waals surface area contributed by atoms with Crippen molar-refractivity contribution in [3.8, 4) is 11.8 Å². The van der Waals surface area contributed by atoms with Crippen molar-refractivity contribution in [3.05, 3.63) is 71.8 Å². The molecule has 1 unspecified atom stereocenters. The Balaban J connectivity index is 1.48. The van der Waals surface area contributed by atoms with Crippen LogP contribution >= 0.6 is 0 Å². The summed E-state index contributed by atoms with van der Waals surface area (Å²) >= 11 is 0. The minimum absolute atomic E-state index is 0.0674. The maximum Gasteiger partial charge on any atom is 0.254 e. The normalized spacial score (nSPS) is 15.8. The molecular weight excluding hydrogens is 402 g/mol. The summed E-state index contributed by atoms with van der Waals surface area (Å²) < 4.78 is 5.44. The number of piperidine rings is 1. The van der Waals surface area contributed by atoms with Gasteiger partial charge in [-0.2, -0.15) is 5.26 Å². The molecule has 3 aromatic rings. The van der Waals surface area contributed by atoms with E-state index in [1.807, 2.05) is 42.5 Å². The standard InChI is InChI=1S/C26H25N3O3/c1-32-24-13-12-23(21-6-2-3-7-22(21)24)26(31)29-16-4-5-19(17-29)25(30)28-20-10-8-18(9-11-20)14-15-27/h2-3,6-13,19H,4-5,14,16-17H2,1H3,(H,28,30). The summed E-state index contributed by atoms with van der Waals surface area (Å²) in [5.74, 6) is 0.308. The Hall–Kier alpha value is -3.85. The van der Waals surface area contributed by atoms with Crippen LogP contribution in [-0.2, 0) is 11.2 Å². The van der Waals surface area contributed by atoms with Crippen LogP contribution in [0.25, 0.3) is 10.8 Å². The van der Waals surface area contributed by atoms with Crippen LogP contribution in [0.4, 0.5) is 5.69 Å². The number of carbonyl (C=O) groups is 2. The second-order valence-electron chi connectivity index (χ2n) is 7.97. The van der Waals surface area contributed by atoms with E-state index in [-0.39, 0.29) is 17.7 Å². The second kappa shape index (κ2) is 9.52. The molecule has 0 spiro atoms. The molecule has 0 aromatic heterocycles. The quantitative estimate of drug-likeness (QED) is 0.654. The molecule has 0 saturated carbocycles. The first-order valence-electron chi connectivity index (χ1n) is 10.7. The van der Waals surface area contributed by atoms with Crippen molar-refractivity contribution in [2.24, 2.45) is 5.92 Å². The molecule has 6 nitrogen and oxygen atoms in total. The Labute approximate surface area is 187 Å². The molecular formula is C26H25N3O3. The van der Waals surface area contributed by atoms with Gasteiger partial charge in [0.25, 0.3) is 5.91 Å². The lowest BCUT2D eigenvalue weighted by atomic mass is 9.95. The molecule has 32 heavy (non-hydrogen) atoms. The van der Waals surface area contributed by atoms with E-state index in [2.05, 4.69) is 11.4 Å². The van der Waals surface area contributed by atoms with Gasteiger partial charge in [-0.3, -0.25) is 9.59 Å². The molecule has 6 heteroatoms. The topological polar surface area (TPSA) is 82.4 Å². The third-order valence-corrected chi connectivity index (χ3v) is 5.92. The van der Waals surface area contributed by atoms with Crippen LogP contribution in [0.15, 0.2) is 60.7 Å². The Morgan fingerprint density at radius 3 is 2.56 bits per heavy atom. The molecule has 0 bridgehead atoms. The number of benzene rings is 3. The van der Waals surface area contributed by atoms with Crippen molar-refractivity contribution in [2.45, 2.75) is 19.3 Å². The Morgan fingerprint density at radius 1 is 1.09 bits per heavy atom. The molecule has 2 amide bonds. The highest BCUT2D eigenvalue weighted by molar-refractivity contribution is 6.08. The van der Waals surface area contributed by atoms with Crippen LogP contribution in [0.1, 0.15) is 28.8 Å². The first kappa shape index (κ1) is 21.4. The molecule has 4 rings (SSSR count). The maximum absolute atomic E-state index is 13.4. The van der Waals surface area contributed by atoms with Crippen molar-refractivity contribution >= 4 is 28.3 Å². The fourth-order valence-corrected chi connectivity index (χ4v) is 4.22. The van der Waals surface area contributed by atoms with Crippen molar-refractivity contribution in [1.29, 1.82) is 5.26 Å². The van der Waals surface area contributed by atoms with Gasteiger partial charge in [0.05, 0.1) is 25.5 Å². The Kier molecular flexibility index (Phi) is 6.37. The lowest BCUT2D eigenvalue weighted by Gasteiger charge is -2.32. The van der Waals surface area contributed by atoms with Crippen molar-refractivity contribution in [2.75, 3.05) is 25.5 Å². The van der Waals surface area contributed by atoms with Crippen LogP contribution in [0.2, 0.25) is 0 Å². The van der Waals surface area contributed by atoms with Gasteiger partial charge in [0.1, 0.15) is 5.75 Å². The van der Waals surface area contributed by atoms with Gasteiger partial charge in [-0.1, -0.05) is 36.4 Å². The first-order chi connectivity index (χ1) is 15.6. The van der Waals surface area contributed by atoms with Gasteiger partial charge >= 0.3 is 0 Å². The summed E-state index contributed by atoms with van der Waals surface area (Å²) in [6.07, 6.45) is 1.86. The number of anilines is 1. The number of hydrogen-bond donors (Lipinski definition) is 1. The number of ether oxygens (including phenoxy) is 1. The SMILES string of the molecule is COc1ccc(C(=O)N2CCCC(C(=O)Nc3ccc(CC#N)cc3)C2)c2ccccc12. The molecule has 1 aliphatic heterocycles. The molecule has 1 atom stereocenters. The maximum atomic E-state index is 13.4. The van der Waals surface area contributed by atoms with E-state index < -0.39 is 0 Å². The van der Waals surface area contributed by atoms with Gasteiger partial charge in [0.15, 0.2) is 0 Å². The second-order valence-corrected chi connectivity index (χ2v) is 7.97. The zero-order valence-corrected chi connectivity index (χ0v) is 18.0. The summed E-state index contributed by atoms with van der Waals surface area (Å²) in [5.41, 5.74) is 2.23. The number of nitrogens with one attached hydrogen (secondary N) is 1. The number of nitrogens with zero attached hydrogens (tertiary/aromatic N) is 2. The van der Waals surface area contributed by atoms with E-state index in [1.54, 1.807) is 30.2 Å². The summed E-state index contributed by atoms with van der Waals surface area (Å²) in [6, 6.07) is 20.7. The van der Waals surface area contributed by atoms with E-state index in [1.165, 1.54) is 0 Å². The number of likely N-dealkylation sites (tertiary alicyclic amines) is 1. The fraction of sp³-hybridized carbons (Fsp3) is 0.269. The number of carbonyl (C=O) groups excluding carboxylic acids is 2. The van der Waals surface area contributed by atoms with Gasteiger partial charge in [0.2, 0.25) is 5.91 Å². The zero-order chi connectivity index (χ0) is 22.5. The van der Waals surface area contributed by atoms with E-state index in [9.17, 15) is 9.59 Å². The van der Waals surface area contributed by atoms with E-state index in [0.717, 1.165) is 34.9 Å². The largest absolute Gasteiger partial charge is 0.496 e. The molecule has 162 valence electrons. The monoisotopic (exact) mass is 427 g/mol. The van der Waals surface area contributed by atoms with Crippen molar-refractivity contribution in [1.82, 2.24) is 4.90 Å². The molecule has 1 fully saturated rings. The van der Waals surface area contributed by atoms with Crippen molar-refractivity contribution < 1.29 is 14.3 Å². The van der Waals surface area contributed by atoms with Gasteiger partial charge in [-0.15, -0.1) is 0 Å². The molecule has 1 heterocycles. The highest BCUT2D eigenvalue weighted by Crippen LogP contribution is 2.30. The highest BCUT2D eigenvalue weighted by atomic mass is 16.5. The predicted molar refractivity (Wildman–Crippen MR) is 124 cm³/mol. The highest BCUT2D eigenvalue weighted by Gasteiger charge is 2.29. The van der Waals surface area contributed by atoms with E-state index in [4.69, 9.17) is 10.00 Å². The van der Waals surface area contributed by atoms with E-state index in [0.29, 0.717) is 30.8 Å². The van der Waals surface area contributed by atoms with Crippen LogP contribution in [0.3, 0.4) is 0 Å². The Bertz CT molecular complexity index is 1180. The lowest BCUT2D eigenvalue weighted by Crippen LogP contribution is -2.43. The zero-order valence-electron chi connectivity index (χ0n) is 18.0. The summed E-state index contributed by atoms with van der Waals surface area (Å²) in [5, 5.41) is 13.5. The number of methoxy groups -OCH3 is 1. The van der Waals surface area contributed by atoms with Crippen LogP contribution in [0.5, 0.6) is 5.75 Å². The van der Waals surface area contributed by atoms with Crippen LogP contribution < -0.4 is 10.1 Å². The number of amides is 2. The lowest BCUT2D eigenvalue weighted by molar-refractivity contribution is -0.121. The summed E-state index contributed by atoms with van der Waals surface area (Å²) in [4.78, 5) is 28.0. The van der Waals surface area contributed by atoms with Gasteiger partial charge < -0.3 is 15.0 Å². The third kappa shape index (κ3) is 4.42. The summed E-state index contributed by atoms with van der Waals surface area (Å²) in [6.45, 7) is 1.02. The predicted octanol–water partition coefficient (Wildman–Crippen LogP) is 4.41. The smallest absolute Gasteiger partial charge is 0.254 e. The fourth-order valence-electron chi connectivity index (χ4n) is 4.22. The number of rotatable bonds is 5. The molecule has 1 saturated heterocycles. The molecule has 1 aliphatic rings. The van der Waals surface area contributed by atoms with Gasteiger partial charge in [0, 0.05) is 29.7 Å². The minimum Gasteiger partial charge on any atom is -0.496 e. The third-order valence-electron chi connectivity index (χ3n) is 5.92. The average Bonchev–Trinajstić information content (AvgIpc) is 2.84. The van der Waals surface area contributed by atoms with Gasteiger partial charge in [-0.05, 0) is 48.1 Å². The number of hydrogen-bond acceptors (Lipinski definition) is 4. The first-order valence-corrected chi connectivity index (χ1v) is 10.7. The Morgan fingerprint density at radius 2 is 1.84 bits per heavy atom. The minimum atomic E-state index is -0.268. The molecule has 3 aromatic carbocycles. The number of nitriles is 1. The average molecular weight is 428 g/mol.